The molecule has 1 atom stereocenters. The van der Waals surface area contributed by atoms with Crippen molar-refractivity contribution >= 4 is 18.0 Å². The van der Waals surface area contributed by atoms with Crippen molar-refractivity contribution in [2.45, 2.75) is 24.3 Å². The Bertz CT molecular complexity index is 1240. The molecule has 0 fully saturated rings. The summed E-state index contributed by atoms with van der Waals surface area (Å²) >= 11 is 1.31. The standard InChI is InChI=1S/C27H28N4O2S/c1-19-9-7-8-12-24(19)34-30-27(32)29-23(17-20-10-5-4-6-11-20)25-26(31(2)18-28-25)21-13-15-22(33-3)16-14-21/h4-16,18,23H,17H2,1-3H3,(H2,29,30,32). The van der Waals surface area contributed by atoms with Crippen LogP contribution >= 0.6 is 11.9 Å². The Labute approximate surface area is 204 Å². The van der Waals surface area contributed by atoms with Gasteiger partial charge in [0.25, 0.3) is 0 Å². The van der Waals surface area contributed by atoms with E-state index in [0.717, 1.165) is 38.7 Å². The van der Waals surface area contributed by atoms with Crippen LogP contribution in [0, 0.1) is 6.92 Å². The number of carbonyl (C=O) groups excluding carboxylic acids is 1. The van der Waals surface area contributed by atoms with Gasteiger partial charge in [0.2, 0.25) is 0 Å². The maximum Gasteiger partial charge on any atom is 0.325 e. The molecule has 0 aliphatic rings. The zero-order valence-electron chi connectivity index (χ0n) is 19.5. The first-order chi connectivity index (χ1) is 16.5. The van der Waals surface area contributed by atoms with Gasteiger partial charge in [-0.3, -0.25) is 4.72 Å². The molecule has 4 aromatic rings. The summed E-state index contributed by atoms with van der Waals surface area (Å²) in [5.41, 5.74) is 5.00. The van der Waals surface area contributed by atoms with Gasteiger partial charge in [-0.1, -0.05) is 48.5 Å². The summed E-state index contributed by atoms with van der Waals surface area (Å²) in [6, 6.07) is 25.4. The first-order valence-electron chi connectivity index (χ1n) is 11.0. The summed E-state index contributed by atoms with van der Waals surface area (Å²) in [5.74, 6) is 0.791. The van der Waals surface area contributed by atoms with E-state index in [9.17, 15) is 4.79 Å². The Morgan fingerprint density at radius 1 is 1.03 bits per heavy atom. The van der Waals surface area contributed by atoms with Crippen molar-refractivity contribution in [2.75, 3.05) is 7.11 Å². The molecule has 4 rings (SSSR count). The number of nitrogens with zero attached hydrogens (tertiary/aromatic N) is 2. The van der Waals surface area contributed by atoms with Crippen LogP contribution in [0.4, 0.5) is 4.79 Å². The highest BCUT2D eigenvalue weighted by molar-refractivity contribution is 7.98. The number of benzene rings is 3. The van der Waals surface area contributed by atoms with E-state index in [1.165, 1.54) is 11.9 Å². The van der Waals surface area contributed by atoms with Crippen molar-refractivity contribution in [1.29, 1.82) is 0 Å². The molecule has 1 unspecified atom stereocenters. The van der Waals surface area contributed by atoms with Gasteiger partial charge in [-0.15, -0.1) is 0 Å². The van der Waals surface area contributed by atoms with E-state index in [-0.39, 0.29) is 12.1 Å². The van der Waals surface area contributed by atoms with Crippen molar-refractivity contribution in [1.82, 2.24) is 19.6 Å². The highest BCUT2D eigenvalue weighted by Crippen LogP contribution is 2.30. The van der Waals surface area contributed by atoms with Gasteiger partial charge in [0.1, 0.15) is 5.75 Å². The van der Waals surface area contributed by atoms with Gasteiger partial charge in [-0.25, -0.2) is 9.78 Å². The van der Waals surface area contributed by atoms with Crippen molar-refractivity contribution < 1.29 is 9.53 Å². The second-order valence-corrected chi connectivity index (χ2v) is 8.85. The van der Waals surface area contributed by atoms with Crippen LogP contribution in [-0.4, -0.2) is 22.7 Å². The third-order valence-corrected chi connectivity index (χ3v) is 6.56. The zero-order chi connectivity index (χ0) is 23.9. The number of rotatable bonds is 8. The number of methoxy groups -OCH3 is 1. The number of nitrogens with one attached hydrogen (secondary N) is 2. The fraction of sp³-hybridized carbons (Fsp3) is 0.185. The highest BCUT2D eigenvalue weighted by atomic mass is 32.2. The summed E-state index contributed by atoms with van der Waals surface area (Å²) in [6.45, 7) is 2.02. The van der Waals surface area contributed by atoms with Crippen LogP contribution in [0.25, 0.3) is 11.3 Å². The molecule has 34 heavy (non-hydrogen) atoms. The number of ether oxygens (including phenoxy) is 1. The topological polar surface area (TPSA) is 68.2 Å². The van der Waals surface area contributed by atoms with E-state index in [0.29, 0.717) is 6.42 Å². The Balaban J connectivity index is 1.60. The minimum Gasteiger partial charge on any atom is -0.497 e. The van der Waals surface area contributed by atoms with E-state index in [2.05, 4.69) is 22.2 Å². The van der Waals surface area contributed by atoms with Gasteiger partial charge in [0.05, 0.1) is 30.9 Å². The Kier molecular flexibility index (Phi) is 7.54. The molecule has 7 heteroatoms. The fourth-order valence-corrected chi connectivity index (χ4v) is 4.47. The number of hydrogen-bond donors (Lipinski definition) is 2. The van der Waals surface area contributed by atoms with Crippen molar-refractivity contribution in [2.24, 2.45) is 7.05 Å². The predicted octanol–water partition coefficient (Wildman–Crippen LogP) is 5.69. The fourth-order valence-electron chi connectivity index (χ4n) is 3.83. The SMILES string of the molecule is COc1ccc(-c2c(C(Cc3ccccc3)NC(=O)NSc3ccccc3C)ncn2C)cc1. The number of amides is 2. The maximum absolute atomic E-state index is 12.9. The third kappa shape index (κ3) is 5.61. The van der Waals surface area contributed by atoms with E-state index >= 15 is 0 Å². The Morgan fingerprint density at radius 2 is 1.74 bits per heavy atom. The van der Waals surface area contributed by atoms with Gasteiger partial charge in [0.15, 0.2) is 0 Å². The third-order valence-electron chi connectivity index (χ3n) is 5.59. The molecule has 0 spiro atoms. The number of carbonyl (C=O) groups is 1. The summed E-state index contributed by atoms with van der Waals surface area (Å²) in [7, 11) is 3.61. The summed E-state index contributed by atoms with van der Waals surface area (Å²) in [6.07, 6.45) is 2.40. The molecule has 0 radical (unpaired) electrons. The molecule has 0 aliphatic carbocycles. The molecule has 1 heterocycles. The lowest BCUT2D eigenvalue weighted by atomic mass is 9.99. The van der Waals surface area contributed by atoms with Gasteiger partial charge < -0.3 is 14.6 Å². The molecule has 1 aromatic heterocycles. The second-order valence-electron chi connectivity index (χ2n) is 8.00. The molecule has 3 aromatic carbocycles. The monoisotopic (exact) mass is 472 g/mol. The van der Waals surface area contributed by atoms with Crippen molar-refractivity contribution in [3.05, 3.63) is 102 Å². The number of imidazole rings is 1. The average molecular weight is 473 g/mol. The van der Waals surface area contributed by atoms with Gasteiger partial charge in [0, 0.05) is 17.5 Å². The maximum atomic E-state index is 12.9. The van der Waals surface area contributed by atoms with Crippen LogP contribution in [0.15, 0.2) is 90.1 Å². The lowest BCUT2D eigenvalue weighted by Gasteiger charge is -2.20. The minimum absolute atomic E-state index is 0.263. The van der Waals surface area contributed by atoms with Gasteiger partial charge in [-0.05, 0) is 66.8 Å². The zero-order valence-corrected chi connectivity index (χ0v) is 20.3. The molecule has 0 saturated heterocycles. The number of aromatic nitrogens is 2. The lowest BCUT2D eigenvalue weighted by molar-refractivity contribution is 0.242. The molecule has 174 valence electrons. The number of urea groups is 1. The molecular formula is C27H28N4O2S. The molecule has 0 saturated carbocycles. The van der Waals surface area contributed by atoms with E-state index in [4.69, 9.17) is 9.72 Å². The summed E-state index contributed by atoms with van der Waals surface area (Å²) in [4.78, 5) is 18.7. The molecule has 0 aliphatic heterocycles. The van der Waals surface area contributed by atoms with Crippen LogP contribution in [0.3, 0.4) is 0 Å². The molecule has 2 N–H and O–H groups in total. The van der Waals surface area contributed by atoms with E-state index < -0.39 is 0 Å². The molecule has 2 amide bonds. The van der Waals surface area contributed by atoms with Crippen LogP contribution in [0.5, 0.6) is 5.75 Å². The first kappa shape index (κ1) is 23.4. The van der Waals surface area contributed by atoms with Crippen LogP contribution in [0.1, 0.15) is 22.9 Å². The van der Waals surface area contributed by atoms with Crippen LogP contribution in [-0.2, 0) is 13.5 Å². The van der Waals surface area contributed by atoms with Crippen LogP contribution in [0.2, 0.25) is 0 Å². The summed E-state index contributed by atoms with van der Waals surface area (Å²) < 4.78 is 10.2. The average Bonchev–Trinajstić information content (AvgIpc) is 3.25. The second kappa shape index (κ2) is 10.9. The van der Waals surface area contributed by atoms with Crippen LogP contribution < -0.4 is 14.8 Å². The van der Waals surface area contributed by atoms with E-state index in [1.807, 2.05) is 85.3 Å². The number of aryl methyl sites for hydroxylation is 2. The van der Waals surface area contributed by atoms with Crippen molar-refractivity contribution in [3.63, 3.8) is 0 Å². The summed E-state index contributed by atoms with van der Waals surface area (Å²) in [5, 5.41) is 3.15. The lowest BCUT2D eigenvalue weighted by Crippen LogP contribution is -2.36. The van der Waals surface area contributed by atoms with Gasteiger partial charge >= 0.3 is 6.03 Å². The van der Waals surface area contributed by atoms with Crippen molar-refractivity contribution in [3.8, 4) is 17.0 Å². The van der Waals surface area contributed by atoms with E-state index in [1.54, 1.807) is 13.4 Å². The molecule has 0 bridgehead atoms. The predicted molar refractivity (Wildman–Crippen MR) is 137 cm³/mol. The molecule has 6 nitrogen and oxygen atoms in total. The first-order valence-corrected chi connectivity index (χ1v) is 11.9. The Hall–Kier alpha value is -3.71. The Morgan fingerprint density at radius 3 is 2.44 bits per heavy atom. The highest BCUT2D eigenvalue weighted by Gasteiger charge is 2.23. The number of hydrogen-bond acceptors (Lipinski definition) is 4. The van der Waals surface area contributed by atoms with Gasteiger partial charge in [-0.2, -0.15) is 0 Å². The smallest absolute Gasteiger partial charge is 0.325 e. The largest absolute Gasteiger partial charge is 0.497 e. The quantitative estimate of drug-likeness (QED) is 0.323. The normalized spacial score (nSPS) is 11.6. The minimum atomic E-state index is -0.321. The molecular weight excluding hydrogens is 444 g/mol.